The van der Waals surface area contributed by atoms with Gasteiger partial charge in [-0.15, -0.1) is 0 Å². The fourth-order valence-electron chi connectivity index (χ4n) is 3.05. The highest BCUT2D eigenvalue weighted by atomic mass is 32.2. The van der Waals surface area contributed by atoms with Crippen LogP contribution in [0.4, 0.5) is 11.4 Å². The second-order valence-corrected chi connectivity index (χ2v) is 7.86. The number of nitro groups is 1. The summed E-state index contributed by atoms with van der Waals surface area (Å²) in [6, 6.07) is 4.98. The van der Waals surface area contributed by atoms with Crippen LogP contribution in [0.1, 0.15) is 11.4 Å². The Morgan fingerprint density at radius 1 is 1.12 bits per heavy atom. The van der Waals surface area contributed by atoms with Crippen molar-refractivity contribution in [3.05, 3.63) is 45.8 Å². The summed E-state index contributed by atoms with van der Waals surface area (Å²) in [4.78, 5) is 12.3. The molecule has 1 aliphatic rings. The van der Waals surface area contributed by atoms with Crippen LogP contribution in [0.15, 0.2) is 29.2 Å². The van der Waals surface area contributed by atoms with Crippen molar-refractivity contribution < 1.29 is 13.3 Å². The zero-order chi connectivity index (χ0) is 18.2. The summed E-state index contributed by atoms with van der Waals surface area (Å²) < 4.78 is 26.8. The van der Waals surface area contributed by atoms with E-state index in [2.05, 4.69) is 15.1 Å². The molecule has 0 bridgehead atoms. The molecule has 0 saturated carbocycles. The van der Waals surface area contributed by atoms with Gasteiger partial charge in [-0.05, 0) is 26.0 Å². The van der Waals surface area contributed by atoms with Crippen LogP contribution in [0.25, 0.3) is 0 Å². The minimum Gasteiger partial charge on any atom is -0.366 e. The van der Waals surface area contributed by atoms with E-state index in [9.17, 15) is 18.5 Å². The number of hydrogen-bond donors (Lipinski definition) is 1. The minimum atomic E-state index is -3.66. The third-order valence-electron chi connectivity index (χ3n) is 4.33. The highest BCUT2D eigenvalue weighted by Gasteiger charge is 2.30. The van der Waals surface area contributed by atoms with Gasteiger partial charge in [0.2, 0.25) is 10.0 Å². The maximum atomic E-state index is 12.7. The van der Waals surface area contributed by atoms with E-state index < -0.39 is 14.9 Å². The Labute approximate surface area is 145 Å². The number of piperazine rings is 1. The van der Waals surface area contributed by atoms with Gasteiger partial charge in [-0.25, -0.2) is 8.42 Å². The molecule has 0 radical (unpaired) electrons. The average Bonchev–Trinajstić information content (AvgIpc) is 2.93. The molecule has 1 fully saturated rings. The van der Waals surface area contributed by atoms with E-state index in [1.54, 1.807) is 0 Å². The Kier molecular flexibility index (Phi) is 4.48. The van der Waals surface area contributed by atoms with Crippen LogP contribution >= 0.6 is 0 Å². The summed E-state index contributed by atoms with van der Waals surface area (Å²) in [5.41, 5.74) is 2.75. The summed E-state index contributed by atoms with van der Waals surface area (Å²) in [7, 11) is -3.66. The van der Waals surface area contributed by atoms with Gasteiger partial charge in [-0.1, -0.05) is 0 Å². The van der Waals surface area contributed by atoms with E-state index in [4.69, 9.17) is 0 Å². The predicted molar refractivity (Wildman–Crippen MR) is 92.1 cm³/mol. The molecule has 9 nitrogen and oxygen atoms in total. The van der Waals surface area contributed by atoms with Crippen molar-refractivity contribution in [3.63, 3.8) is 0 Å². The van der Waals surface area contributed by atoms with E-state index in [0.717, 1.165) is 17.1 Å². The normalized spacial score (nSPS) is 16.2. The first-order chi connectivity index (χ1) is 11.8. The molecule has 1 N–H and O–H groups in total. The van der Waals surface area contributed by atoms with E-state index in [1.807, 2.05) is 13.8 Å². The lowest BCUT2D eigenvalue weighted by Gasteiger charge is -2.35. The molecule has 0 unspecified atom stereocenters. The minimum absolute atomic E-state index is 0.0715. The lowest BCUT2D eigenvalue weighted by atomic mass is 10.2. The Morgan fingerprint density at radius 3 is 2.20 bits per heavy atom. The SMILES string of the molecule is Cc1n[nH]c(C)c1N1CCN(S(=O)(=O)c2ccc([N+](=O)[O-])cc2)CC1. The molecule has 0 spiro atoms. The van der Waals surface area contributed by atoms with Crippen molar-refractivity contribution in [2.75, 3.05) is 31.1 Å². The van der Waals surface area contributed by atoms with E-state index in [0.29, 0.717) is 26.2 Å². The van der Waals surface area contributed by atoms with Gasteiger partial charge >= 0.3 is 0 Å². The van der Waals surface area contributed by atoms with Crippen LogP contribution in [-0.2, 0) is 10.0 Å². The predicted octanol–water partition coefficient (Wildman–Crippen LogP) is 1.45. The molecule has 1 saturated heterocycles. The number of rotatable bonds is 4. The lowest BCUT2D eigenvalue weighted by molar-refractivity contribution is -0.384. The van der Waals surface area contributed by atoms with E-state index in [-0.39, 0.29) is 10.6 Å². The molecule has 3 rings (SSSR count). The number of aromatic amines is 1. The first-order valence-electron chi connectivity index (χ1n) is 7.82. The van der Waals surface area contributed by atoms with Gasteiger partial charge in [0.25, 0.3) is 5.69 Å². The standard InChI is InChI=1S/C15H19N5O4S/c1-11-15(12(2)17-16-11)18-7-9-19(10-8-18)25(23,24)14-5-3-13(4-6-14)20(21)22/h3-6H,7-10H2,1-2H3,(H,16,17). The summed E-state index contributed by atoms with van der Waals surface area (Å²) in [6.45, 7) is 5.68. The quantitative estimate of drug-likeness (QED) is 0.648. The Hall–Kier alpha value is -2.46. The molecule has 0 aliphatic carbocycles. The van der Waals surface area contributed by atoms with Crippen LogP contribution in [0.2, 0.25) is 0 Å². The fourth-order valence-corrected chi connectivity index (χ4v) is 4.47. The molecule has 2 aromatic rings. The van der Waals surface area contributed by atoms with Gasteiger partial charge in [0, 0.05) is 38.3 Å². The Morgan fingerprint density at radius 2 is 1.72 bits per heavy atom. The molecule has 1 aromatic heterocycles. The first kappa shape index (κ1) is 17.4. The number of aryl methyl sites for hydroxylation is 2. The number of hydrogen-bond acceptors (Lipinski definition) is 6. The number of non-ortho nitro benzene ring substituents is 1. The van der Waals surface area contributed by atoms with Crippen LogP contribution in [0.3, 0.4) is 0 Å². The monoisotopic (exact) mass is 365 g/mol. The van der Waals surface area contributed by atoms with Crippen molar-refractivity contribution in [1.82, 2.24) is 14.5 Å². The van der Waals surface area contributed by atoms with Crippen molar-refractivity contribution in [2.45, 2.75) is 18.7 Å². The van der Waals surface area contributed by atoms with Crippen molar-refractivity contribution in [2.24, 2.45) is 0 Å². The molecule has 0 atom stereocenters. The van der Waals surface area contributed by atoms with Gasteiger partial charge in [-0.3, -0.25) is 15.2 Å². The molecule has 1 aromatic carbocycles. The zero-order valence-electron chi connectivity index (χ0n) is 14.0. The van der Waals surface area contributed by atoms with Gasteiger partial charge < -0.3 is 4.90 Å². The van der Waals surface area contributed by atoms with Crippen LogP contribution < -0.4 is 4.90 Å². The van der Waals surface area contributed by atoms with Gasteiger partial charge in [0.05, 0.1) is 26.9 Å². The smallest absolute Gasteiger partial charge is 0.269 e. The van der Waals surface area contributed by atoms with E-state index in [1.165, 1.54) is 28.6 Å². The van der Waals surface area contributed by atoms with Crippen LogP contribution in [-0.4, -0.2) is 54.0 Å². The largest absolute Gasteiger partial charge is 0.366 e. The summed E-state index contributed by atoms with van der Waals surface area (Å²) in [6.07, 6.45) is 0. The van der Waals surface area contributed by atoms with Crippen LogP contribution in [0.5, 0.6) is 0 Å². The Balaban J connectivity index is 1.74. The molecule has 0 amide bonds. The number of sulfonamides is 1. The fraction of sp³-hybridized carbons (Fsp3) is 0.400. The molecule has 134 valence electrons. The summed E-state index contributed by atoms with van der Waals surface area (Å²) >= 11 is 0. The first-order valence-corrected chi connectivity index (χ1v) is 9.26. The number of H-pyrrole nitrogens is 1. The topological polar surface area (TPSA) is 112 Å². The molecular formula is C15H19N5O4S. The third kappa shape index (κ3) is 3.22. The average molecular weight is 365 g/mol. The van der Waals surface area contributed by atoms with Gasteiger partial charge in [-0.2, -0.15) is 9.40 Å². The van der Waals surface area contributed by atoms with Gasteiger partial charge in [0.1, 0.15) is 0 Å². The third-order valence-corrected chi connectivity index (χ3v) is 6.24. The summed E-state index contributed by atoms with van der Waals surface area (Å²) in [5.74, 6) is 0. The second-order valence-electron chi connectivity index (χ2n) is 5.92. The number of nitrogens with one attached hydrogen (secondary N) is 1. The Bertz CT molecular complexity index is 864. The van der Waals surface area contributed by atoms with Crippen molar-refractivity contribution >= 4 is 21.4 Å². The molecule has 1 aliphatic heterocycles. The highest BCUT2D eigenvalue weighted by molar-refractivity contribution is 7.89. The number of anilines is 1. The van der Waals surface area contributed by atoms with Crippen molar-refractivity contribution in [3.8, 4) is 0 Å². The molecular weight excluding hydrogens is 346 g/mol. The molecule has 25 heavy (non-hydrogen) atoms. The van der Waals surface area contributed by atoms with Crippen LogP contribution in [0, 0.1) is 24.0 Å². The second kappa shape index (κ2) is 6.45. The van der Waals surface area contributed by atoms with Gasteiger partial charge in [0.15, 0.2) is 0 Å². The number of nitro benzene ring substituents is 1. The number of aromatic nitrogens is 2. The maximum absolute atomic E-state index is 12.7. The molecule has 2 heterocycles. The highest BCUT2D eigenvalue weighted by Crippen LogP contribution is 2.26. The molecule has 10 heteroatoms. The van der Waals surface area contributed by atoms with E-state index >= 15 is 0 Å². The zero-order valence-corrected chi connectivity index (χ0v) is 14.8. The maximum Gasteiger partial charge on any atom is 0.269 e. The number of benzene rings is 1. The summed E-state index contributed by atoms with van der Waals surface area (Å²) in [5, 5.41) is 17.8. The lowest BCUT2D eigenvalue weighted by Crippen LogP contribution is -2.48. The number of nitrogens with zero attached hydrogens (tertiary/aromatic N) is 4. The van der Waals surface area contributed by atoms with Crippen molar-refractivity contribution in [1.29, 1.82) is 0 Å².